The second kappa shape index (κ2) is 7.31. The molecular weight excluding hydrogens is 305 g/mol. The molecule has 0 spiro atoms. The summed E-state index contributed by atoms with van der Waals surface area (Å²) in [4.78, 5) is 24.2. The van der Waals surface area contributed by atoms with Crippen LogP contribution in [-0.2, 0) is 9.53 Å². The number of aromatic nitrogens is 3. The summed E-state index contributed by atoms with van der Waals surface area (Å²) >= 11 is 1.14. The van der Waals surface area contributed by atoms with Gasteiger partial charge in [-0.2, -0.15) is 0 Å². The van der Waals surface area contributed by atoms with Gasteiger partial charge in [0.15, 0.2) is 5.16 Å². The molecule has 0 aliphatic carbocycles. The van der Waals surface area contributed by atoms with Crippen molar-refractivity contribution in [2.75, 3.05) is 12.4 Å². The van der Waals surface area contributed by atoms with Gasteiger partial charge in [-0.15, -0.1) is 0 Å². The Morgan fingerprint density at radius 3 is 2.73 bits per heavy atom. The molecule has 0 radical (unpaired) electrons. The number of halogens is 1. The number of ether oxygens (including phenoxy) is 1. The molecule has 0 unspecified atom stereocenters. The maximum absolute atomic E-state index is 13.2. The van der Waals surface area contributed by atoms with Crippen molar-refractivity contribution in [1.29, 1.82) is 0 Å². The third-order valence-electron chi connectivity index (χ3n) is 2.46. The summed E-state index contributed by atoms with van der Waals surface area (Å²) in [5.74, 6) is -0.468. The molecule has 0 aliphatic heterocycles. The van der Waals surface area contributed by atoms with Crippen molar-refractivity contribution in [3.05, 3.63) is 36.7 Å². The molecule has 7 heteroatoms. The van der Waals surface area contributed by atoms with Crippen LogP contribution in [0.4, 0.5) is 4.39 Å². The Kier molecular flexibility index (Phi) is 5.43. The van der Waals surface area contributed by atoms with Gasteiger partial charge in [-0.1, -0.05) is 17.8 Å². The third-order valence-corrected chi connectivity index (χ3v) is 3.29. The van der Waals surface area contributed by atoms with Gasteiger partial charge in [-0.3, -0.25) is 9.78 Å². The van der Waals surface area contributed by atoms with Crippen LogP contribution in [0.5, 0.6) is 0 Å². The summed E-state index contributed by atoms with van der Waals surface area (Å²) in [7, 11) is 0. The number of esters is 1. The highest BCUT2D eigenvalue weighted by Gasteiger charge is 2.18. The first kappa shape index (κ1) is 16.4. The summed E-state index contributed by atoms with van der Waals surface area (Å²) in [6, 6.07) is 7.28. The van der Waals surface area contributed by atoms with E-state index < -0.39 is 11.6 Å². The standard InChI is InChI=1S/C15H16FN3O2S/c1-15(2,16)10-21-13(20)9-22-14-18-8-6-12(19-14)11-5-3-4-7-17-11/h3-8H,9-10H2,1-2H3. The van der Waals surface area contributed by atoms with Gasteiger partial charge in [0.05, 0.1) is 17.1 Å². The van der Waals surface area contributed by atoms with E-state index >= 15 is 0 Å². The molecule has 0 saturated carbocycles. The topological polar surface area (TPSA) is 65.0 Å². The zero-order chi connectivity index (χ0) is 16.0. The van der Waals surface area contributed by atoms with Gasteiger partial charge in [-0.05, 0) is 32.0 Å². The summed E-state index contributed by atoms with van der Waals surface area (Å²) in [6.45, 7) is 2.45. The Morgan fingerprint density at radius 2 is 2.05 bits per heavy atom. The molecule has 0 saturated heterocycles. The SMILES string of the molecule is CC(C)(F)COC(=O)CSc1nccc(-c2ccccn2)n1. The normalized spacial score (nSPS) is 11.2. The monoisotopic (exact) mass is 321 g/mol. The Labute approximate surface area is 132 Å². The largest absolute Gasteiger partial charge is 0.462 e. The van der Waals surface area contributed by atoms with Crippen LogP contribution in [0.1, 0.15) is 13.8 Å². The molecule has 0 atom stereocenters. The Balaban J connectivity index is 1.93. The molecule has 2 rings (SSSR count). The summed E-state index contributed by atoms with van der Waals surface area (Å²) in [5.41, 5.74) is -0.125. The van der Waals surface area contributed by atoms with Gasteiger partial charge in [0.25, 0.3) is 0 Å². The number of rotatable bonds is 6. The van der Waals surface area contributed by atoms with Crippen LogP contribution >= 0.6 is 11.8 Å². The number of alkyl halides is 1. The highest BCUT2D eigenvalue weighted by atomic mass is 32.2. The third kappa shape index (κ3) is 5.40. The van der Waals surface area contributed by atoms with E-state index in [1.165, 1.54) is 13.8 Å². The van der Waals surface area contributed by atoms with Gasteiger partial charge in [-0.25, -0.2) is 14.4 Å². The van der Waals surface area contributed by atoms with E-state index in [2.05, 4.69) is 15.0 Å². The van der Waals surface area contributed by atoms with E-state index in [9.17, 15) is 9.18 Å². The van der Waals surface area contributed by atoms with Gasteiger partial charge in [0.2, 0.25) is 0 Å². The first-order valence-electron chi connectivity index (χ1n) is 6.66. The quantitative estimate of drug-likeness (QED) is 0.463. The molecule has 0 aliphatic rings. The summed E-state index contributed by atoms with van der Waals surface area (Å²) in [5, 5.41) is 0.444. The first-order valence-corrected chi connectivity index (χ1v) is 7.64. The maximum Gasteiger partial charge on any atom is 0.316 e. The molecule has 0 N–H and O–H groups in total. The molecule has 2 aromatic heterocycles. The smallest absolute Gasteiger partial charge is 0.316 e. The van der Waals surface area contributed by atoms with Crippen molar-refractivity contribution in [3.63, 3.8) is 0 Å². The van der Waals surface area contributed by atoms with Crippen molar-refractivity contribution >= 4 is 17.7 Å². The van der Waals surface area contributed by atoms with Crippen LogP contribution in [0.3, 0.4) is 0 Å². The Hall–Kier alpha value is -2.02. The molecule has 0 aromatic carbocycles. The molecule has 2 aromatic rings. The average Bonchev–Trinajstić information content (AvgIpc) is 2.51. The number of hydrogen-bond acceptors (Lipinski definition) is 6. The summed E-state index contributed by atoms with van der Waals surface area (Å²) < 4.78 is 18.1. The average molecular weight is 321 g/mol. The summed E-state index contributed by atoms with van der Waals surface area (Å²) in [6.07, 6.45) is 3.29. The Morgan fingerprint density at radius 1 is 1.23 bits per heavy atom. The first-order chi connectivity index (χ1) is 10.4. The zero-order valence-electron chi connectivity index (χ0n) is 12.3. The second-order valence-corrected chi connectivity index (χ2v) is 6.05. The Bertz CT molecular complexity index is 632. The molecule has 0 fully saturated rings. The lowest BCUT2D eigenvalue weighted by molar-refractivity contribution is -0.144. The molecule has 2 heterocycles. The van der Waals surface area contributed by atoms with Crippen LogP contribution < -0.4 is 0 Å². The van der Waals surface area contributed by atoms with Gasteiger partial charge < -0.3 is 4.74 Å². The molecular formula is C15H16FN3O2S. The van der Waals surface area contributed by atoms with Gasteiger partial charge in [0.1, 0.15) is 12.3 Å². The highest BCUT2D eigenvalue weighted by molar-refractivity contribution is 7.99. The minimum atomic E-state index is -1.53. The van der Waals surface area contributed by atoms with Crippen LogP contribution in [0.2, 0.25) is 0 Å². The molecule has 116 valence electrons. The number of thioether (sulfide) groups is 1. The predicted octanol–water partition coefficient (Wildman–Crippen LogP) is 2.92. The van der Waals surface area contributed by atoms with Crippen molar-refractivity contribution in [3.8, 4) is 11.4 Å². The fourth-order valence-electron chi connectivity index (χ4n) is 1.48. The van der Waals surface area contributed by atoms with Crippen LogP contribution in [0.25, 0.3) is 11.4 Å². The van der Waals surface area contributed by atoms with Crippen LogP contribution in [0.15, 0.2) is 41.8 Å². The minimum Gasteiger partial charge on any atom is -0.462 e. The minimum absolute atomic E-state index is 0.0295. The molecule has 5 nitrogen and oxygen atoms in total. The van der Waals surface area contributed by atoms with Crippen LogP contribution in [-0.4, -0.2) is 38.9 Å². The second-order valence-electron chi connectivity index (χ2n) is 5.11. The fourth-order valence-corrected chi connectivity index (χ4v) is 2.11. The van der Waals surface area contributed by atoms with E-state index in [4.69, 9.17) is 4.74 Å². The van der Waals surface area contributed by atoms with E-state index in [1.807, 2.05) is 18.2 Å². The van der Waals surface area contributed by atoms with Crippen molar-refractivity contribution in [1.82, 2.24) is 15.0 Å². The molecule has 0 amide bonds. The van der Waals surface area contributed by atoms with Crippen LogP contribution in [0, 0.1) is 0 Å². The number of nitrogens with zero attached hydrogens (tertiary/aromatic N) is 3. The predicted molar refractivity (Wildman–Crippen MR) is 82.1 cm³/mol. The van der Waals surface area contributed by atoms with E-state index in [0.717, 1.165) is 17.5 Å². The van der Waals surface area contributed by atoms with E-state index in [1.54, 1.807) is 18.5 Å². The fraction of sp³-hybridized carbons (Fsp3) is 0.333. The lowest BCUT2D eigenvalue weighted by Crippen LogP contribution is -2.23. The van der Waals surface area contributed by atoms with Crippen molar-refractivity contribution in [2.45, 2.75) is 24.7 Å². The van der Waals surface area contributed by atoms with Gasteiger partial charge in [0, 0.05) is 12.4 Å². The van der Waals surface area contributed by atoms with Crippen molar-refractivity contribution in [2.24, 2.45) is 0 Å². The number of carbonyl (C=O) groups is 1. The highest BCUT2D eigenvalue weighted by Crippen LogP contribution is 2.18. The van der Waals surface area contributed by atoms with E-state index in [-0.39, 0.29) is 12.4 Å². The number of carbonyl (C=O) groups excluding carboxylic acids is 1. The zero-order valence-corrected chi connectivity index (χ0v) is 13.1. The van der Waals surface area contributed by atoms with Gasteiger partial charge >= 0.3 is 5.97 Å². The lowest BCUT2D eigenvalue weighted by atomic mass is 10.2. The van der Waals surface area contributed by atoms with Crippen molar-refractivity contribution < 1.29 is 13.9 Å². The number of hydrogen-bond donors (Lipinski definition) is 0. The molecule has 22 heavy (non-hydrogen) atoms. The number of pyridine rings is 1. The molecule has 0 bridgehead atoms. The maximum atomic E-state index is 13.2. The lowest BCUT2D eigenvalue weighted by Gasteiger charge is -2.13. The van der Waals surface area contributed by atoms with E-state index in [0.29, 0.717) is 10.9 Å².